The van der Waals surface area contributed by atoms with Crippen LogP contribution >= 0.6 is 0 Å². The third-order valence-electron chi connectivity index (χ3n) is 2.90. The van der Waals surface area contributed by atoms with Gasteiger partial charge < -0.3 is 4.52 Å². The molecule has 0 bridgehead atoms. The van der Waals surface area contributed by atoms with Crippen LogP contribution in [0.5, 0.6) is 0 Å². The fraction of sp³-hybridized carbons (Fsp3) is 0.429. The highest BCUT2D eigenvalue weighted by molar-refractivity contribution is 7.89. The monoisotopic (exact) mass is 309 g/mol. The number of hydrogen-bond acceptors (Lipinski definition) is 5. The fourth-order valence-electron chi connectivity index (χ4n) is 1.89. The molecule has 0 spiro atoms. The van der Waals surface area contributed by atoms with Crippen LogP contribution < -0.4 is 4.72 Å². The number of nitrogens with one attached hydrogen (secondary N) is 1. The van der Waals surface area contributed by atoms with Gasteiger partial charge in [0.25, 0.3) is 0 Å². The smallest absolute Gasteiger partial charge is 0.241 e. The Morgan fingerprint density at radius 2 is 2.00 bits per heavy atom. The second kappa shape index (κ2) is 6.36. The van der Waals surface area contributed by atoms with Gasteiger partial charge in [0, 0.05) is 6.42 Å². The largest absolute Gasteiger partial charge is 0.339 e. The van der Waals surface area contributed by atoms with Crippen LogP contribution in [0.15, 0.2) is 33.7 Å². The zero-order valence-corrected chi connectivity index (χ0v) is 13.1. The van der Waals surface area contributed by atoms with E-state index in [1.165, 1.54) is 0 Å². The van der Waals surface area contributed by atoms with Crippen LogP contribution in [0.1, 0.15) is 31.1 Å². The molecule has 2 aromatic rings. The van der Waals surface area contributed by atoms with Crippen molar-refractivity contribution < 1.29 is 12.9 Å². The normalized spacial score (nSPS) is 12.0. The Morgan fingerprint density at radius 1 is 1.29 bits per heavy atom. The standard InChI is InChI=1S/C14H19N3O3S/c1-10(2)8-14-16-13(17-20-14)9-15-21(18,19)12-7-5-4-6-11(12)3/h4-7,10,15H,8-9H2,1-3H3. The molecule has 1 aromatic carbocycles. The molecule has 0 amide bonds. The average Bonchev–Trinajstić information content (AvgIpc) is 2.84. The van der Waals surface area contributed by atoms with Crippen molar-refractivity contribution >= 4 is 10.0 Å². The molecule has 0 radical (unpaired) electrons. The second-order valence-electron chi connectivity index (χ2n) is 5.29. The maximum atomic E-state index is 12.2. The summed E-state index contributed by atoms with van der Waals surface area (Å²) in [5.41, 5.74) is 0.693. The van der Waals surface area contributed by atoms with Gasteiger partial charge in [-0.1, -0.05) is 37.2 Å². The highest BCUT2D eigenvalue weighted by Crippen LogP contribution is 2.14. The summed E-state index contributed by atoms with van der Waals surface area (Å²) in [4.78, 5) is 4.42. The second-order valence-corrected chi connectivity index (χ2v) is 7.03. The number of rotatable bonds is 6. The molecule has 0 saturated carbocycles. The van der Waals surface area contributed by atoms with Crippen LogP contribution in [0.3, 0.4) is 0 Å². The number of sulfonamides is 1. The minimum atomic E-state index is -3.57. The van der Waals surface area contributed by atoms with E-state index in [0.29, 0.717) is 29.6 Å². The van der Waals surface area contributed by atoms with E-state index in [1.807, 2.05) is 13.8 Å². The lowest BCUT2D eigenvalue weighted by molar-refractivity contribution is 0.358. The van der Waals surface area contributed by atoms with E-state index in [0.717, 1.165) is 0 Å². The highest BCUT2D eigenvalue weighted by Gasteiger charge is 2.17. The van der Waals surface area contributed by atoms with Crippen molar-refractivity contribution in [1.29, 1.82) is 0 Å². The molecule has 1 aromatic heterocycles. The molecular weight excluding hydrogens is 290 g/mol. The lowest BCUT2D eigenvalue weighted by atomic mass is 10.1. The first-order valence-corrected chi connectivity index (χ1v) is 8.23. The van der Waals surface area contributed by atoms with Crippen LogP contribution in [0.25, 0.3) is 0 Å². The lowest BCUT2D eigenvalue weighted by Gasteiger charge is -2.07. The van der Waals surface area contributed by atoms with Gasteiger partial charge in [-0.3, -0.25) is 0 Å². The zero-order chi connectivity index (χ0) is 15.5. The first-order chi connectivity index (χ1) is 9.88. The Balaban J connectivity index is 2.05. The lowest BCUT2D eigenvalue weighted by Crippen LogP contribution is -2.24. The Kier molecular flexibility index (Phi) is 4.74. The predicted molar refractivity (Wildman–Crippen MR) is 78.0 cm³/mol. The Hall–Kier alpha value is -1.73. The summed E-state index contributed by atoms with van der Waals surface area (Å²) in [6.07, 6.45) is 0.678. The third-order valence-corrected chi connectivity index (χ3v) is 4.46. The Labute approximate surface area is 124 Å². The van der Waals surface area contributed by atoms with E-state index >= 15 is 0 Å². The maximum absolute atomic E-state index is 12.2. The summed E-state index contributed by atoms with van der Waals surface area (Å²) in [6.45, 7) is 5.86. The van der Waals surface area contributed by atoms with Crippen molar-refractivity contribution in [3.63, 3.8) is 0 Å². The molecule has 0 aliphatic rings. The third kappa shape index (κ3) is 4.12. The van der Waals surface area contributed by atoms with Gasteiger partial charge in [-0.25, -0.2) is 13.1 Å². The molecule has 0 saturated heterocycles. The van der Waals surface area contributed by atoms with E-state index in [9.17, 15) is 8.42 Å². The predicted octanol–water partition coefficient (Wildman–Crippen LogP) is 2.06. The number of nitrogens with zero attached hydrogens (tertiary/aromatic N) is 2. The summed E-state index contributed by atoms with van der Waals surface area (Å²) in [7, 11) is -3.57. The molecule has 0 aliphatic carbocycles. The summed E-state index contributed by atoms with van der Waals surface area (Å²) in [5, 5.41) is 3.78. The summed E-state index contributed by atoms with van der Waals surface area (Å²) < 4.78 is 32.0. The summed E-state index contributed by atoms with van der Waals surface area (Å²) in [6, 6.07) is 6.81. The highest BCUT2D eigenvalue weighted by atomic mass is 32.2. The molecular formula is C14H19N3O3S. The van der Waals surface area contributed by atoms with Crippen molar-refractivity contribution in [2.45, 2.75) is 38.6 Å². The Morgan fingerprint density at radius 3 is 2.67 bits per heavy atom. The van der Waals surface area contributed by atoms with Crippen molar-refractivity contribution in [1.82, 2.24) is 14.9 Å². The quantitative estimate of drug-likeness (QED) is 0.882. The molecule has 21 heavy (non-hydrogen) atoms. The van der Waals surface area contributed by atoms with E-state index in [1.54, 1.807) is 31.2 Å². The molecule has 6 nitrogen and oxygen atoms in total. The SMILES string of the molecule is Cc1ccccc1S(=O)(=O)NCc1noc(CC(C)C)n1. The van der Waals surface area contributed by atoms with Crippen molar-refractivity contribution in [3.8, 4) is 0 Å². The van der Waals surface area contributed by atoms with Crippen molar-refractivity contribution in [2.24, 2.45) is 5.92 Å². The van der Waals surface area contributed by atoms with Gasteiger partial charge in [0.1, 0.15) is 0 Å². The average molecular weight is 309 g/mol. The molecule has 1 N–H and O–H groups in total. The first-order valence-electron chi connectivity index (χ1n) is 6.75. The zero-order valence-electron chi connectivity index (χ0n) is 12.3. The van der Waals surface area contributed by atoms with Gasteiger partial charge in [0.15, 0.2) is 5.82 Å². The van der Waals surface area contributed by atoms with Gasteiger partial charge in [-0.15, -0.1) is 0 Å². The van der Waals surface area contributed by atoms with Gasteiger partial charge in [0.05, 0.1) is 11.4 Å². The molecule has 114 valence electrons. The van der Waals surface area contributed by atoms with Crippen LogP contribution in [-0.4, -0.2) is 18.6 Å². The summed E-state index contributed by atoms with van der Waals surface area (Å²) >= 11 is 0. The number of benzene rings is 1. The molecule has 0 aliphatic heterocycles. The van der Waals surface area contributed by atoms with Crippen molar-refractivity contribution in [2.75, 3.05) is 0 Å². The van der Waals surface area contributed by atoms with E-state index < -0.39 is 10.0 Å². The minimum Gasteiger partial charge on any atom is -0.339 e. The first kappa shape index (κ1) is 15.7. The fourth-order valence-corrected chi connectivity index (χ4v) is 3.11. The molecule has 7 heteroatoms. The Bertz CT molecular complexity index is 708. The summed E-state index contributed by atoms with van der Waals surface area (Å²) in [5.74, 6) is 1.26. The number of hydrogen-bond donors (Lipinski definition) is 1. The van der Waals surface area contributed by atoms with Crippen LogP contribution in [0.2, 0.25) is 0 Å². The minimum absolute atomic E-state index is 0.0122. The molecule has 0 unspecified atom stereocenters. The number of aromatic nitrogens is 2. The maximum Gasteiger partial charge on any atom is 0.241 e. The van der Waals surface area contributed by atoms with Crippen molar-refractivity contribution in [3.05, 3.63) is 41.5 Å². The molecule has 0 fully saturated rings. The molecule has 1 heterocycles. The van der Waals surface area contributed by atoms with E-state index in [4.69, 9.17) is 4.52 Å². The van der Waals surface area contributed by atoms with E-state index in [-0.39, 0.29) is 11.4 Å². The van der Waals surface area contributed by atoms with Gasteiger partial charge in [0.2, 0.25) is 15.9 Å². The van der Waals surface area contributed by atoms with Crippen LogP contribution in [-0.2, 0) is 23.0 Å². The van der Waals surface area contributed by atoms with Crippen LogP contribution in [0, 0.1) is 12.8 Å². The molecule has 2 rings (SSSR count). The molecule has 0 atom stereocenters. The van der Waals surface area contributed by atoms with E-state index in [2.05, 4.69) is 14.9 Å². The number of aryl methyl sites for hydroxylation is 1. The van der Waals surface area contributed by atoms with Crippen LogP contribution in [0.4, 0.5) is 0 Å². The topological polar surface area (TPSA) is 85.1 Å². The van der Waals surface area contributed by atoms with Gasteiger partial charge in [-0.2, -0.15) is 4.98 Å². The van der Waals surface area contributed by atoms with Gasteiger partial charge in [-0.05, 0) is 24.5 Å². The van der Waals surface area contributed by atoms with Gasteiger partial charge >= 0.3 is 0 Å².